The number of hydrogen-bond acceptors (Lipinski definition) is 2. The Morgan fingerprint density at radius 1 is 1.04 bits per heavy atom. The Hall–Kier alpha value is -2.85. The molecule has 0 aromatic heterocycles. The molecule has 0 aliphatic rings. The predicted molar refractivity (Wildman–Crippen MR) is 102 cm³/mol. The Morgan fingerprint density at radius 2 is 1.73 bits per heavy atom. The zero-order valence-corrected chi connectivity index (χ0v) is 14.8. The minimum Gasteiger partial charge on any atom is -0.480 e. The minimum absolute atomic E-state index is 0.134. The summed E-state index contributed by atoms with van der Waals surface area (Å²) in [5.41, 5.74) is 2.23. The van der Waals surface area contributed by atoms with Crippen molar-refractivity contribution in [2.75, 3.05) is 5.32 Å². The number of rotatable bonds is 5. The highest BCUT2D eigenvalue weighted by Crippen LogP contribution is 2.30. The smallest absolute Gasteiger partial charge is 0.265 e. The number of benzene rings is 3. The molecule has 26 heavy (non-hydrogen) atoms. The van der Waals surface area contributed by atoms with Crippen molar-refractivity contribution in [1.82, 2.24) is 0 Å². The summed E-state index contributed by atoms with van der Waals surface area (Å²) in [6.07, 6.45) is -0.763. The second-order valence-electron chi connectivity index (χ2n) is 5.74. The van der Waals surface area contributed by atoms with E-state index in [0.717, 1.165) is 17.2 Å². The first kappa shape index (κ1) is 18.0. The van der Waals surface area contributed by atoms with E-state index in [1.54, 1.807) is 6.92 Å². The first-order chi connectivity index (χ1) is 12.5. The van der Waals surface area contributed by atoms with Crippen LogP contribution in [0.25, 0.3) is 11.1 Å². The van der Waals surface area contributed by atoms with E-state index in [2.05, 4.69) is 5.32 Å². The third kappa shape index (κ3) is 4.21. The predicted octanol–water partition coefficient (Wildman–Crippen LogP) is 5.55. The molecule has 0 radical (unpaired) electrons. The number of halogens is 2. The number of ether oxygens (including phenoxy) is 1. The van der Waals surface area contributed by atoms with Crippen LogP contribution in [0.1, 0.15) is 6.92 Å². The highest BCUT2D eigenvalue weighted by Gasteiger charge is 2.18. The molecular formula is C21H17ClFNO2. The maximum atomic E-state index is 13.1. The Labute approximate surface area is 156 Å². The number of carbonyl (C=O) groups is 1. The second kappa shape index (κ2) is 8.02. The zero-order chi connectivity index (χ0) is 18.5. The average Bonchev–Trinajstić information content (AvgIpc) is 2.65. The Bertz CT molecular complexity index is 915. The quantitative estimate of drug-likeness (QED) is 0.640. The average molecular weight is 370 g/mol. The molecule has 0 unspecified atom stereocenters. The summed E-state index contributed by atoms with van der Waals surface area (Å²) in [7, 11) is 0. The minimum atomic E-state index is -0.763. The summed E-state index contributed by atoms with van der Waals surface area (Å²) >= 11 is 5.95. The molecular weight excluding hydrogens is 353 g/mol. The number of anilines is 1. The maximum Gasteiger partial charge on any atom is 0.265 e. The number of para-hydroxylation sites is 1. The van der Waals surface area contributed by atoms with Crippen molar-refractivity contribution in [3.8, 4) is 16.9 Å². The van der Waals surface area contributed by atoms with Gasteiger partial charge in [-0.15, -0.1) is 0 Å². The molecule has 5 heteroatoms. The number of carbonyl (C=O) groups excluding carboxylic acids is 1. The molecule has 0 saturated carbocycles. The van der Waals surface area contributed by atoms with Crippen molar-refractivity contribution in [1.29, 1.82) is 0 Å². The van der Waals surface area contributed by atoms with Crippen LogP contribution >= 0.6 is 11.6 Å². The molecule has 132 valence electrons. The molecule has 0 aliphatic carbocycles. The van der Waals surface area contributed by atoms with Gasteiger partial charge in [0.15, 0.2) is 6.10 Å². The summed E-state index contributed by atoms with van der Waals surface area (Å²) < 4.78 is 19.0. The van der Waals surface area contributed by atoms with Crippen molar-refractivity contribution in [3.63, 3.8) is 0 Å². The Kier molecular flexibility index (Phi) is 5.54. The molecule has 3 rings (SSSR count). The van der Waals surface area contributed by atoms with Gasteiger partial charge in [-0.3, -0.25) is 4.79 Å². The molecule has 3 aromatic rings. The van der Waals surface area contributed by atoms with E-state index in [1.165, 1.54) is 12.1 Å². The lowest BCUT2D eigenvalue weighted by Crippen LogP contribution is -2.30. The van der Waals surface area contributed by atoms with E-state index < -0.39 is 11.9 Å². The van der Waals surface area contributed by atoms with Crippen LogP contribution in [0.4, 0.5) is 10.1 Å². The largest absolute Gasteiger partial charge is 0.480 e. The van der Waals surface area contributed by atoms with E-state index in [0.29, 0.717) is 11.4 Å². The van der Waals surface area contributed by atoms with E-state index in [1.807, 2.05) is 54.6 Å². The molecule has 3 aromatic carbocycles. The molecule has 1 N–H and O–H groups in total. The third-order valence-electron chi connectivity index (χ3n) is 3.83. The first-order valence-electron chi connectivity index (χ1n) is 8.11. The number of amides is 1. The van der Waals surface area contributed by atoms with Gasteiger partial charge in [-0.2, -0.15) is 0 Å². The maximum absolute atomic E-state index is 13.1. The molecule has 1 atom stereocenters. The molecule has 0 heterocycles. The SMILES string of the molecule is C[C@@H](Oc1ccccc1-c1ccccc1)C(=O)Nc1ccc(F)cc1Cl. The highest BCUT2D eigenvalue weighted by molar-refractivity contribution is 6.33. The van der Waals surface area contributed by atoms with Crippen LogP contribution < -0.4 is 10.1 Å². The normalized spacial score (nSPS) is 11.7. The highest BCUT2D eigenvalue weighted by atomic mass is 35.5. The molecule has 0 aliphatic heterocycles. The third-order valence-corrected chi connectivity index (χ3v) is 4.15. The van der Waals surface area contributed by atoms with Gasteiger partial charge in [-0.05, 0) is 36.8 Å². The van der Waals surface area contributed by atoms with Crippen LogP contribution in [-0.4, -0.2) is 12.0 Å². The van der Waals surface area contributed by atoms with E-state index >= 15 is 0 Å². The molecule has 1 amide bonds. The Morgan fingerprint density at radius 3 is 2.46 bits per heavy atom. The second-order valence-corrected chi connectivity index (χ2v) is 6.14. The molecule has 3 nitrogen and oxygen atoms in total. The van der Waals surface area contributed by atoms with Gasteiger partial charge in [-0.25, -0.2) is 4.39 Å². The van der Waals surface area contributed by atoms with Crippen molar-refractivity contribution in [3.05, 3.63) is 83.6 Å². The molecule has 0 spiro atoms. The fraction of sp³-hybridized carbons (Fsp3) is 0.0952. The van der Waals surface area contributed by atoms with Gasteiger partial charge >= 0.3 is 0 Å². The lowest BCUT2D eigenvalue weighted by atomic mass is 10.0. The van der Waals surface area contributed by atoms with Crippen molar-refractivity contribution in [2.45, 2.75) is 13.0 Å². The van der Waals surface area contributed by atoms with Gasteiger partial charge in [0.1, 0.15) is 11.6 Å². The summed E-state index contributed by atoms with van der Waals surface area (Å²) in [6, 6.07) is 21.1. The summed E-state index contributed by atoms with van der Waals surface area (Å²) in [4.78, 5) is 12.4. The van der Waals surface area contributed by atoms with E-state index in [9.17, 15) is 9.18 Å². The van der Waals surface area contributed by atoms with Gasteiger partial charge in [0, 0.05) is 5.56 Å². The van der Waals surface area contributed by atoms with E-state index in [4.69, 9.17) is 16.3 Å². The summed E-state index contributed by atoms with van der Waals surface area (Å²) in [5.74, 6) is -0.234. The van der Waals surface area contributed by atoms with Gasteiger partial charge < -0.3 is 10.1 Å². The lowest BCUT2D eigenvalue weighted by molar-refractivity contribution is -0.122. The lowest BCUT2D eigenvalue weighted by Gasteiger charge is -2.18. The van der Waals surface area contributed by atoms with E-state index in [-0.39, 0.29) is 10.9 Å². The van der Waals surface area contributed by atoms with Crippen molar-refractivity contribution >= 4 is 23.2 Å². The first-order valence-corrected chi connectivity index (χ1v) is 8.49. The summed E-state index contributed by atoms with van der Waals surface area (Å²) in [5, 5.41) is 2.79. The Balaban J connectivity index is 1.76. The van der Waals surface area contributed by atoms with Crippen LogP contribution in [0.2, 0.25) is 5.02 Å². The topological polar surface area (TPSA) is 38.3 Å². The zero-order valence-electron chi connectivity index (χ0n) is 14.1. The standard InChI is InChI=1S/C21H17ClFNO2/c1-14(21(25)24-19-12-11-16(23)13-18(19)22)26-20-10-6-5-9-17(20)15-7-3-2-4-8-15/h2-14H,1H3,(H,24,25)/t14-/m1/s1. The monoisotopic (exact) mass is 369 g/mol. The fourth-order valence-electron chi connectivity index (χ4n) is 2.49. The molecule has 0 bridgehead atoms. The molecule has 0 fully saturated rings. The van der Waals surface area contributed by atoms with Gasteiger partial charge in [0.2, 0.25) is 0 Å². The van der Waals surface area contributed by atoms with Crippen LogP contribution in [0, 0.1) is 5.82 Å². The van der Waals surface area contributed by atoms with Gasteiger partial charge in [-0.1, -0.05) is 60.1 Å². The van der Waals surface area contributed by atoms with Crippen LogP contribution in [-0.2, 0) is 4.79 Å². The van der Waals surface area contributed by atoms with Crippen LogP contribution in [0.3, 0.4) is 0 Å². The number of hydrogen-bond donors (Lipinski definition) is 1. The molecule has 0 saturated heterocycles. The fourth-order valence-corrected chi connectivity index (χ4v) is 2.71. The van der Waals surface area contributed by atoms with Gasteiger partial charge in [0.25, 0.3) is 5.91 Å². The van der Waals surface area contributed by atoms with Crippen LogP contribution in [0.15, 0.2) is 72.8 Å². The van der Waals surface area contributed by atoms with Crippen molar-refractivity contribution in [2.24, 2.45) is 0 Å². The number of nitrogens with one attached hydrogen (secondary N) is 1. The van der Waals surface area contributed by atoms with Crippen molar-refractivity contribution < 1.29 is 13.9 Å². The summed E-state index contributed by atoms with van der Waals surface area (Å²) in [6.45, 7) is 1.65. The van der Waals surface area contributed by atoms with Crippen LogP contribution in [0.5, 0.6) is 5.75 Å². The van der Waals surface area contributed by atoms with Gasteiger partial charge in [0.05, 0.1) is 10.7 Å².